The predicted molar refractivity (Wildman–Crippen MR) is 80.5 cm³/mol. The molecule has 19 heavy (non-hydrogen) atoms. The van der Waals surface area contributed by atoms with Crippen LogP contribution in [0.4, 0.5) is 11.5 Å². The minimum Gasteiger partial charge on any atom is -0.394 e. The van der Waals surface area contributed by atoms with Crippen LogP contribution in [0.25, 0.3) is 0 Å². The van der Waals surface area contributed by atoms with Crippen LogP contribution >= 0.6 is 0 Å². The number of nitrogens with zero attached hydrogens (tertiary/aromatic N) is 4. The smallest absolute Gasteiger partial charge is 0.150 e. The van der Waals surface area contributed by atoms with Crippen LogP contribution in [0.2, 0.25) is 0 Å². The number of rotatable bonds is 4. The van der Waals surface area contributed by atoms with Gasteiger partial charge in [-0.15, -0.1) is 0 Å². The maximum atomic E-state index is 6.23. The van der Waals surface area contributed by atoms with Crippen LogP contribution in [0.15, 0.2) is 0 Å². The zero-order valence-corrected chi connectivity index (χ0v) is 12.7. The van der Waals surface area contributed by atoms with Crippen LogP contribution in [-0.2, 0) is 13.5 Å². The second-order valence-corrected chi connectivity index (χ2v) is 5.85. The third-order valence-electron chi connectivity index (χ3n) is 4.00. The van der Waals surface area contributed by atoms with E-state index < -0.39 is 0 Å². The van der Waals surface area contributed by atoms with Crippen molar-refractivity contribution >= 4 is 11.5 Å². The van der Waals surface area contributed by atoms with Gasteiger partial charge in [0.15, 0.2) is 0 Å². The highest BCUT2D eigenvalue weighted by Crippen LogP contribution is 2.30. The van der Waals surface area contributed by atoms with E-state index in [0.717, 1.165) is 42.6 Å². The number of hydrogen-bond donors (Lipinski definition) is 1. The summed E-state index contributed by atoms with van der Waals surface area (Å²) in [5.74, 6) is 1.92. The van der Waals surface area contributed by atoms with Gasteiger partial charge in [0.05, 0.1) is 11.4 Å². The highest BCUT2D eigenvalue weighted by atomic mass is 15.4. The van der Waals surface area contributed by atoms with E-state index in [2.05, 4.69) is 35.9 Å². The molecule has 0 saturated carbocycles. The summed E-state index contributed by atoms with van der Waals surface area (Å²) >= 11 is 0. The summed E-state index contributed by atoms with van der Waals surface area (Å²) in [6.45, 7) is 5.47. The molecule has 0 amide bonds. The Morgan fingerprint density at radius 3 is 2.42 bits per heavy atom. The predicted octanol–water partition coefficient (Wildman–Crippen LogP) is 1.34. The molecule has 0 aromatic carbocycles. The van der Waals surface area contributed by atoms with Crippen molar-refractivity contribution in [2.75, 3.05) is 44.4 Å². The third kappa shape index (κ3) is 3.03. The van der Waals surface area contributed by atoms with Crippen LogP contribution in [0.3, 0.4) is 0 Å². The maximum absolute atomic E-state index is 6.23. The van der Waals surface area contributed by atoms with Gasteiger partial charge in [0.25, 0.3) is 0 Å². The Morgan fingerprint density at radius 1 is 1.32 bits per heavy atom. The van der Waals surface area contributed by atoms with Crippen LogP contribution in [0.5, 0.6) is 0 Å². The fraction of sp³-hybridized carbons (Fsp3) is 0.786. The van der Waals surface area contributed by atoms with Crippen molar-refractivity contribution < 1.29 is 0 Å². The fourth-order valence-corrected chi connectivity index (χ4v) is 3.07. The summed E-state index contributed by atoms with van der Waals surface area (Å²) < 4.78 is 1.94. The molecule has 2 rings (SSSR count). The number of piperidine rings is 1. The van der Waals surface area contributed by atoms with Gasteiger partial charge < -0.3 is 15.5 Å². The van der Waals surface area contributed by atoms with Crippen molar-refractivity contribution in [1.29, 1.82) is 0 Å². The summed E-state index contributed by atoms with van der Waals surface area (Å²) in [5.41, 5.74) is 8.12. The lowest BCUT2D eigenvalue weighted by molar-refractivity contribution is 0.284. The molecule has 0 aliphatic carbocycles. The van der Waals surface area contributed by atoms with Gasteiger partial charge in [-0.05, 0) is 39.3 Å². The minimum absolute atomic E-state index is 0.811. The van der Waals surface area contributed by atoms with E-state index in [1.165, 1.54) is 19.4 Å². The van der Waals surface area contributed by atoms with Gasteiger partial charge in [0.2, 0.25) is 0 Å². The summed E-state index contributed by atoms with van der Waals surface area (Å²) in [6, 6.07) is 0. The normalized spacial score (nSPS) is 17.4. The molecule has 0 radical (unpaired) electrons. The van der Waals surface area contributed by atoms with Crippen molar-refractivity contribution in [1.82, 2.24) is 14.7 Å². The lowest BCUT2D eigenvalue weighted by Crippen LogP contribution is -2.38. The first-order valence-corrected chi connectivity index (χ1v) is 7.24. The molecule has 1 aliphatic rings. The first-order chi connectivity index (χ1) is 9.02. The summed E-state index contributed by atoms with van der Waals surface area (Å²) in [4.78, 5) is 4.68. The molecule has 0 atom stereocenters. The van der Waals surface area contributed by atoms with Crippen molar-refractivity contribution in [2.24, 2.45) is 13.0 Å². The van der Waals surface area contributed by atoms with E-state index in [4.69, 9.17) is 5.73 Å². The monoisotopic (exact) mass is 265 g/mol. The number of anilines is 2. The molecule has 0 unspecified atom stereocenters. The third-order valence-corrected chi connectivity index (χ3v) is 4.00. The van der Waals surface area contributed by atoms with Gasteiger partial charge in [-0.25, -0.2) is 0 Å². The number of aryl methyl sites for hydroxylation is 2. The number of nitrogen functional groups attached to an aromatic ring is 1. The van der Waals surface area contributed by atoms with Crippen LogP contribution in [0.1, 0.15) is 25.5 Å². The zero-order chi connectivity index (χ0) is 14.0. The lowest BCUT2D eigenvalue weighted by atomic mass is 9.96. The van der Waals surface area contributed by atoms with Gasteiger partial charge in [0.1, 0.15) is 5.82 Å². The van der Waals surface area contributed by atoms with E-state index in [1.54, 1.807) is 0 Å². The Labute approximate surface area is 116 Å². The lowest BCUT2D eigenvalue weighted by Gasteiger charge is -2.34. The average Bonchev–Trinajstić information content (AvgIpc) is 2.65. The molecule has 1 saturated heterocycles. The molecule has 2 N–H and O–H groups in total. The number of hydrogen-bond acceptors (Lipinski definition) is 4. The molecule has 0 spiro atoms. The molecule has 2 heterocycles. The molecule has 1 aliphatic heterocycles. The van der Waals surface area contributed by atoms with Crippen LogP contribution in [-0.4, -0.2) is 48.4 Å². The van der Waals surface area contributed by atoms with Crippen molar-refractivity contribution in [3.63, 3.8) is 0 Å². The van der Waals surface area contributed by atoms with Gasteiger partial charge in [0, 0.05) is 26.7 Å². The first-order valence-electron chi connectivity index (χ1n) is 7.24. The SMILES string of the molecule is CCc1nn(C)c(N2CCC(CN(C)C)CC2)c1N. The van der Waals surface area contributed by atoms with Gasteiger partial charge in [-0.1, -0.05) is 6.92 Å². The maximum Gasteiger partial charge on any atom is 0.150 e. The molecule has 1 aromatic rings. The Hall–Kier alpha value is -1.23. The molecule has 1 aromatic heterocycles. The Morgan fingerprint density at radius 2 is 1.95 bits per heavy atom. The molecular formula is C14H27N5. The second-order valence-electron chi connectivity index (χ2n) is 5.85. The van der Waals surface area contributed by atoms with E-state index in [-0.39, 0.29) is 0 Å². The van der Waals surface area contributed by atoms with Crippen molar-refractivity contribution in [3.8, 4) is 0 Å². The van der Waals surface area contributed by atoms with Crippen LogP contribution < -0.4 is 10.6 Å². The molecule has 5 heteroatoms. The van der Waals surface area contributed by atoms with Gasteiger partial charge in [-0.2, -0.15) is 5.10 Å². The number of nitrogens with two attached hydrogens (primary N) is 1. The molecule has 1 fully saturated rings. The summed E-state index contributed by atoms with van der Waals surface area (Å²) in [7, 11) is 6.30. The second kappa shape index (κ2) is 5.82. The van der Waals surface area contributed by atoms with Gasteiger partial charge in [-0.3, -0.25) is 4.68 Å². The first kappa shape index (κ1) is 14.2. The number of aromatic nitrogens is 2. The largest absolute Gasteiger partial charge is 0.394 e. The topological polar surface area (TPSA) is 50.3 Å². The quantitative estimate of drug-likeness (QED) is 0.892. The fourth-order valence-electron chi connectivity index (χ4n) is 3.07. The van der Waals surface area contributed by atoms with Crippen molar-refractivity contribution in [2.45, 2.75) is 26.2 Å². The Kier molecular flexibility index (Phi) is 4.34. The van der Waals surface area contributed by atoms with Gasteiger partial charge >= 0.3 is 0 Å². The molecule has 5 nitrogen and oxygen atoms in total. The highest BCUT2D eigenvalue weighted by molar-refractivity contribution is 5.66. The van der Waals surface area contributed by atoms with E-state index in [9.17, 15) is 0 Å². The zero-order valence-electron chi connectivity index (χ0n) is 12.7. The van der Waals surface area contributed by atoms with Crippen molar-refractivity contribution in [3.05, 3.63) is 5.69 Å². The highest BCUT2D eigenvalue weighted by Gasteiger charge is 2.24. The average molecular weight is 265 g/mol. The van der Waals surface area contributed by atoms with E-state index >= 15 is 0 Å². The van der Waals surface area contributed by atoms with E-state index in [0.29, 0.717) is 0 Å². The van der Waals surface area contributed by atoms with E-state index in [1.807, 2.05) is 11.7 Å². The molecular weight excluding hydrogens is 238 g/mol. The minimum atomic E-state index is 0.811. The van der Waals surface area contributed by atoms with Crippen LogP contribution in [0, 0.1) is 5.92 Å². The summed E-state index contributed by atoms with van der Waals surface area (Å²) in [6.07, 6.45) is 3.38. The Balaban J connectivity index is 2.03. The molecule has 108 valence electrons. The summed E-state index contributed by atoms with van der Waals surface area (Å²) in [5, 5.41) is 4.51. The Bertz CT molecular complexity index is 416. The molecule has 0 bridgehead atoms. The standard InChI is InChI=1S/C14H27N5/c1-5-12-13(15)14(18(4)16-12)19-8-6-11(7-9-19)10-17(2)3/h11H,5-10,15H2,1-4H3.